The van der Waals surface area contributed by atoms with E-state index in [1.54, 1.807) is 12.1 Å². The molecule has 0 saturated carbocycles. The molecule has 120 valence electrons. The minimum Gasteiger partial charge on any atom is -0.493 e. The van der Waals surface area contributed by atoms with Crippen molar-refractivity contribution in [2.45, 2.75) is 20.0 Å². The van der Waals surface area contributed by atoms with Crippen molar-refractivity contribution in [2.75, 3.05) is 32.3 Å². The van der Waals surface area contributed by atoms with Gasteiger partial charge in [0.25, 0.3) is 0 Å². The van der Waals surface area contributed by atoms with Crippen LogP contribution in [0.2, 0.25) is 0 Å². The summed E-state index contributed by atoms with van der Waals surface area (Å²) in [6.07, 6.45) is 0.584. The van der Waals surface area contributed by atoms with Gasteiger partial charge in [0.15, 0.2) is 21.3 Å². The van der Waals surface area contributed by atoms with Gasteiger partial charge >= 0.3 is 0 Å². The van der Waals surface area contributed by atoms with Crippen molar-refractivity contribution in [2.24, 2.45) is 0 Å². The summed E-state index contributed by atoms with van der Waals surface area (Å²) in [5.74, 6) is 1.21. The van der Waals surface area contributed by atoms with E-state index in [9.17, 15) is 13.5 Å². The Hall–Kier alpha value is -1.47. The fourth-order valence-corrected chi connectivity index (χ4v) is 3.01. The van der Waals surface area contributed by atoms with Crippen molar-refractivity contribution in [3.63, 3.8) is 0 Å². The Morgan fingerprint density at radius 2 is 1.67 bits per heavy atom. The molecule has 1 aromatic carbocycles. The van der Waals surface area contributed by atoms with Crippen LogP contribution in [0.5, 0.6) is 17.2 Å². The Morgan fingerprint density at radius 3 is 2.10 bits per heavy atom. The lowest BCUT2D eigenvalue weighted by atomic mass is 10.2. The van der Waals surface area contributed by atoms with Crippen LogP contribution in [0, 0.1) is 0 Å². The van der Waals surface area contributed by atoms with Gasteiger partial charge in [-0.3, -0.25) is 0 Å². The molecule has 0 heterocycles. The van der Waals surface area contributed by atoms with E-state index in [2.05, 4.69) is 0 Å². The Kier molecular flexibility index (Phi) is 6.77. The van der Waals surface area contributed by atoms with Crippen LogP contribution in [0.15, 0.2) is 12.1 Å². The molecule has 0 atom stereocenters. The normalized spacial score (nSPS) is 11.2. The molecule has 7 heteroatoms. The predicted octanol–water partition coefficient (Wildman–Crippen LogP) is 1.40. The number of rotatable bonds is 9. The second kappa shape index (κ2) is 8.09. The van der Waals surface area contributed by atoms with Crippen LogP contribution in [0.4, 0.5) is 0 Å². The Labute approximate surface area is 125 Å². The lowest BCUT2D eigenvalue weighted by Gasteiger charge is -2.15. The average Bonchev–Trinajstić information content (AvgIpc) is 2.46. The molecule has 0 amide bonds. The van der Waals surface area contributed by atoms with Gasteiger partial charge in [-0.05, 0) is 24.1 Å². The van der Waals surface area contributed by atoms with Gasteiger partial charge in [-0.2, -0.15) is 0 Å². The predicted molar refractivity (Wildman–Crippen MR) is 79.9 cm³/mol. The first-order valence-corrected chi connectivity index (χ1v) is 8.48. The monoisotopic (exact) mass is 318 g/mol. The van der Waals surface area contributed by atoms with Crippen molar-refractivity contribution < 1.29 is 27.7 Å². The highest BCUT2D eigenvalue weighted by molar-refractivity contribution is 7.91. The van der Waals surface area contributed by atoms with E-state index in [0.29, 0.717) is 29.2 Å². The lowest BCUT2D eigenvalue weighted by molar-refractivity contribution is 0.272. The van der Waals surface area contributed by atoms with Crippen LogP contribution in [0.25, 0.3) is 0 Å². The zero-order valence-electron chi connectivity index (χ0n) is 12.6. The number of hydrogen-bond donors (Lipinski definition) is 1. The molecule has 0 aliphatic heterocycles. The zero-order chi connectivity index (χ0) is 15.9. The van der Waals surface area contributed by atoms with E-state index in [1.807, 2.05) is 6.92 Å². The van der Waals surface area contributed by atoms with E-state index in [0.717, 1.165) is 0 Å². The molecule has 21 heavy (non-hydrogen) atoms. The molecule has 0 saturated heterocycles. The summed E-state index contributed by atoms with van der Waals surface area (Å²) in [4.78, 5) is 0. The SMILES string of the molecule is CCCS(=O)(=O)CCOc1c(OC)cc(CO)cc1OC. The molecule has 1 N–H and O–H groups in total. The molecule has 0 radical (unpaired) electrons. The van der Waals surface area contributed by atoms with E-state index < -0.39 is 9.84 Å². The van der Waals surface area contributed by atoms with Crippen molar-refractivity contribution in [1.82, 2.24) is 0 Å². The molecule has 0 aromatic heterocycles. The molecular weight excluding hydrogens is 296 g/mol. The topological polar surface area (TPSA) is 82.1 Å². The molecule has 1 aromatic rings. The first-order valence-electron chi connectivity index (χ1n) is 6.66. The van der Waals surface area contributed by atoms with E-state index in [1.165, 1.54) is 14.2 Å². The van der Waals surface area contributed by atoms with Crippen LogP contribution in [-0.4, -0.2) is 45.9 Å². The molecule has 0 bridgehead atoms. The summed E-state index contributed by atoms with van der Waals surface area (Å²) < 4.78 is 39.2. The van der Waals surface area contributed by atoms with Gasteiger partial charge in [-0.1, -0.05) is 6.92 Å². The highest BCUT2D eigenvalue weighted by Crippen LogP contribution is 2.38. The van der Waals surface area contributed by atoms with Gasteiger partial charge in [0.05, 0.1) is 32.3 Å². The van der Waals surface area contributed by atoms with Gasteiger partial charge in [0, 0.05) is 0 Å². The zero-order valence-corrected chi connectivity index (χ0v) is 13.4. The summed E-state index contributed by atoms with van der Waals surface area (Å²) in [5, 5.41) is 9.18. The summed E-state index contributed by atoms with van der Waals surface area (Å²) >= 11 is 0. The van der Waals surface area contributed by atoms with Crippen LogP contribution < -0.4 is 14.2 Å². The van der Waals surface area contributed by atoms with E-state index >= 15 is 0 Å². The number of sulfone groups is 1. The van der Waals surface area contributed by atoms with Crippen molar-refractivity contribution >= 4 is 9.84 Å². The number of benzene rings is 1. The van der Waals surface area contributed by atoms with Crippen LogP contribution >= 0.6 is 0 Å². The molecule has 0 spiro atoms. The molecule has 1 rings (SSSR count). The van der Waals surface area contributed by atoms with Gasteiger partial charge < -0.3 is 19.3 Å². The average molecular weight is 318 g/mol. The molecule has 0 unspecified atom stereocenters. The second-order valence-corrected chi connectivity index (χ2v) is 6.79. The first-order chi connectivity index (χ1) is 9.97. The minimum absolute atomic E-state index is 0.0214. The fraction of sp³-hybridized carbons (Fsp3) is 0.571. The number of aliphatic hydroxyl groups is 1. The standard InChI is InChI=1S/C14H22O6S/c1-4-6-21(16,17)7-5-20-14-12(18-2)8-11(10-15)9-13(14)19-3/h8-9,15H,4-7,10H2,1-3H3. The molecule has 0 fully saturated rings. The molecule has 0 aliphatic rings. The fourth-order valence-electron chi connectivity index (χ4n) is 1.85. The van der Waals surface area contributed by atoms with Gasteiger partial charge in [0.1, 0.15) is 6.61 Å². The Balaban J connectivity index is 2.87. The largest absolute Gasteiger partial charge is 0.493 e. The third kappa shape index (κ3) is 5.09. The second-order valence-electron chi connectivity index (χ2n) is 4.49. The summed E-state index contributed by atoms with van der Waals surface area (Å²) in [6.45, 7) is 1.68. The van der Waals surface area contributed by atoms with Crippen molar-refractivity contribution in [1.29, 1.82) is 0 Å². The third-order valence-electron chi connectivity index (χ3n) is 2.86. The Bertz CT molecular complexity index is 528. The van der Waals surface area contributed by atoms with Crippen LogP contribution in [-0.2, 0) is 16.4 Å². The van der Waals surface area contributed by atoms with Crippen LogP contribution in [0.3, 0.4) is 0 Å². The van der Waals surface area contributed by atoms with Gasteiger partial charge in [0.2, 0.25) is 5.75 Å². The maximum absolute atomic E-state index is 11.7. The van der Waals surface area contributed by atoms with E-state index in [-0.39, 0.29) is 24.7 Å². The smallest absolute Gasteiger partial charge is 0.203 e. The number of aliphatic hydroxyl groups excluding tert-OH is 1. The summed E-state index contributed by atoms with van der Waals surface area (Å²) in [5.41, 5.74) is 0.620. The molecule has 0 aliphatic carbocycles. The molecule has 6 nitrogen and oxygen atoms in total. The summed E-state index contributed by atoms with van der Waals surface area (Å²) in [7, 11) is -0.163. The third-order valence-corrected chi connectivity index (χ3v) is 4.68. The van der Waals surface area contributed by atoms with Gasteiger partial charge in [-0.25, -0.2) is 8.42 Å². The van der Waals surface area contributed by atoms with Crippen molar-refractivity contribution in [3.05, 3.63) is 17.7 Å². The van der Waals surface area contributed by atoms with Crippen LogP contribution in [0.1, 0.15) is 18.9 Å². The Morgan fingerprint density at radius 1 is 1.10 bits per heavy atom. The quantitative estimate of drug-likeness (QED) is 0.741. The number of hydrogen-bond acceptors (Lipinski definition) is 6. The van der Waals surface area contributed by atoms with E-state index in [4.69, 9.17) is 14.2 Å². The highest BCUT2D eigenvalue weighted by atomic mass is 32.2. The maximum atomic E-state index is 11.7. The maximum Gasteiger partial charge on any atom is 0.203 e. The lowest BCUT2D eigenvalue weighted by Crippen LogP contribution is -2.17. The molecular formula is C14H22O6S. The van der Waals surface area contributed by atoms with Crippen molar-refractivity contribution in [3.8, 4) is 17.2 Å². The van der Waals surface area contributed by atoms with Gasteiger partial charge in [-0.15, -0.1) is 0 Å². The summed E-state index contributed by atoms with van der Waals surface area (Å²) in [6, 6.07) is 3.25. The first kappa shape index (κ1) is 17.6. The highest BCUT2D eigenvalue weighted by Gasteiger charge is 2.16. The number of methoxy groups -OCH3 is 2. The number of ether oxygens (including phenoxy) is 3. The minimum atomic E-state index is -3.10.